The highest BCUT2D eigenvalue weighted by Crippen LogP contribution is 2.38. The fourth-order valence-electron chi connectivity index (χ4n) is 4.75. The van der Waals surface area contributed by atoms with Gasteiger partial charge in [-0.25, -0.2) is 4.79 Å². The molecular formula is C23H23ClNO3+. The van der Waals surface area contributed by atoms with Gasteiger partial charge in [-0.1, -0.05) is 35.9 Å². The van der Waals surface area contributed by atoms with Gasteiger partial charge in [0.2, 0.25) is 6.73 Å². The Morgan fingerprint density at radius 1 is 1.18 bits per heavy atom. The molecule has 1 aliphatic heterocycles. The zero-order valence-electron chi connectivity index (χ0n) is 16.1. The molecule has 2 aliphatic rings. The lowest BCUT2D eigenvalue weighted by molar-refractivity contribution is -0.963. The molecule has 2 heterocycles. The number of hydrogen-bond donors (Lipinski definition) is 1. The molecule has 5 heteroatoms. The number of benzene rings is 2. The lowest BCUT2D eigenvalue weighted by Gasteiger charge is -2.35. The summed E-state index contributed by atoms with van der Waals surface area (Å²) in [5.74, 6) is 0.661. The van der Waals surface area contributed by atoms with Crippen molar-refractivity contribution in [2.75, 3.05) is 6.73 Å². The number of hydrogen-bond acceptors (Lipinski definition) is 3. The van der Waals surface area contributed by atoms with Crippen LogP contribution in [0.1, 0.15) is 46.7 Å². The average molecular weight is 397 g/mol. The molecule has 5 rings (SSSR count). The summed E-state index contributed by atoms with van der Waals surface area (Å²) < 4.78 is 11.8. The second-order valence-electron chi connectivity index (χ2n) is 7.95. The first-order chi connectivity index (χ1) is 13.5. The first-order valence-electron chi connectivity index (χ1n) is 9.85. The highest BCUT2D eigenvalue weighted by molar-refractivity contribution is 6.33. The van der Waals surface area contributed by atoms with Gasteiger partial charge in [-0.05, 0) is 43.9 Å². The van der Waals surface area contributed by atoms with E-state index < -0.39 is 0 Å². The molecule has 3 aromatic rings. The van der Waals surface area contributed by atoms with Crippen LogP contribution in [-0.2, 0) is 13.0 Å². The summed E-state index contributed by atoms with van der Waals surface area (Å²) in [6, 6.07) is 11.0. The van der Waals surface area contributed by atoms with Crippen LogP contribution in [0.4, 0.5) is 0 Å². The van der Waals surface area contributed by atoms with Crippen molar-refractivity contribution < 1.29 is 14.1 Å². The minimum atomic E-state index is -0.287. The topological polar surface area (TPSA) is 43.9 Å². The number of rotatable bonds is 1. The van der Waals surface area contributed by atoms with Crippen LogP contribution in [0, 0.1) is 13.8 Å². The quantitative estimate of drug-likeness (QED) is 0.635. The third-order valence-corrected chi connectivity index (χ3v) is 6.70. The van der Waals surface area contributed by atoms with Crippen molar-refractivity contribution in [2.45, 2.75) is 45.7 Å². The largest absolute Gasteiger partial charge is 0.443 e. The molecule has 0 fully saturated rings. The molecule has 1 unspecified atom stereocenters. The summed E-state index contributed by atoms with van der Waals surface area (Å²) in [6.45, 7) is 5.03. The Morgan fingerprint density at radius 2 is 2.00 bits per heavy atom. The molecule has 4 nitrogen and oxygen atoms in total. The minimum absolute atomic E-state index is 0.287. The summed E-state index contributed by atoms with van der Waals surface area (Å²) >= 11 is 6.55. The van der Waals surface area contributed by atoms with E-state index in [0.717, 1.165) is 35.9 Å². The van der Waals surface area contributed by atoms with Crippen molar-refractivity contribution in [2.24, 2.45) is 0 Å². The maximum Gasteiger partial charge on any atom is 0.339 e. The van der Waals surface area contributed by atoms with Gasteiger partial charge in [-0.3, -0.25) is 4.90 Å². The van der Waals surface area contributed by atoms with Crippen molar-refractivity contribution >= 4 is 22.6 Å². The molecule has 2 atom stereocenters. The third-order valence-electron chi connectivity index (χ3n) is 6.42. The van der Waals surface area contributed by atoms with E-state index in [-0.39, 0.29) is 5.63 Å². The Hall–Kier alpha value is -2.30. The molecule has 0 saturated heterocycles. The Balaban J connectivity index is 1.63. The van der Waals surface area contributed by atoms with Gasteiger partial charge >= 0.3 is 5.63 Å². The molecule has 28 heavy (non-hydrogen) atoms. The third kappa shape index (κ3) is 2.66. The fourth-order valence-corrected chi connectivity index (χ4v) is 5.03. The van der Waals surface area contributed by atoms with Gasteiger partial charge in [0.25, 0.3) is 0 Å². The van der Waals surface area contributed by atoms with Gasteiger partial charge in [-0.2, -0.15) is 0 Å². The van der Waals surface area contributed by atoms with E-state index in [1.165, 1.54) is 22.4 Å². The normalized spacial score (nSPS) is 21.1. The zero-order valence-corrected chi connectivity index (χ0v) is 16.9. The second-order valence-corrected chi connectivity index (χ2v) is 8.36. The van der Waals surface area contributed by atoms with Crippen molar-refractivity contribution in [3.63, 3.8) is 0 Å². The summed E-state index contributed by atoms with van der Waals surface area (Å²) in [5, 5.41) is 1.48. The van der Waals surface area contributed by atoms with Crippen molar-refractivity contribution in [3.8, 4) is 5.75 Å². The first kappa shape index (κ1) is 17.8. The van der Waals surface area contributed by atoms with Gasteiger partial charge in [0.15, 0.2) is 11.3 Å². The predicted molar refractivity (Wildman–Crippen MR) is 109 cm³/mol. The van der Waals surface area contributed by atoms with Crippen LogP contribution in [0.2, 0.25) is 5.02 Å². The molecule has 1 N–H and O–H groups in total. The molecule has 1 aliphatic carbocycles. The highest BCUT2D eigenvalue weighted by Gasteiger charge is 2.35. The molecule has 0 amide bonds. The van der Waals surface area contributed by atoms with Crippen LogP contribution >= 0.6 is 11.6 Å². The Labute approximate surface area is 168 Å². The van der Waals surface area contributed by atoms with E-state index in [0.29, 0.717) is 34.7 Å². The SMILES string of the molecule is Cc1c(C)c2cc(Cl)c3c(c2oc1=O)C[NH+]([C@@H]1CCCc2ccccc21)CO3. The predicted octanol–water partition coefficient (Wildman–Crippen LogP) is 3.88. The van der Waals surface area contributed by atoms with E-state index in [9.17, 15) is 4.79 Å². The maximum absolute atomic E-state index is 12.3. The van der Waals surface area contributed by atoms with Gasteiger partial charge in [0.05, 0.1) is 10.6 Å². The molecular weight excluding hydrogens is 374 g/mol. The zero-order chi connectivity index (χ0) is 19.4. The standard InChI is InChI=1S/C23H22ClNO3/c1-13-14(2)23(26)28-21-17(13)10-19(24)22-18(21)11-25(12-27-22)20-9-5-7-15-6-3-4-8-16(15)20/h3-4,6,8,10,20H,5,7,9,11-12H2,1-2H3/p+1/t20-/m1/s1. The number of quaternary nitrogens is 1. The van der Waals surface area contributed by atoms with Crippen LogP contribution in [0.5, 0.6) is 5.75 Å². The summed E-state index contributed by atoms with van der Waals surface area (Å²) in [5.41, 5.74) is 5.64. The fraction of sp³-hybridized carbons (Fsp3) is 0.348. The number of nitrogens with one attached hydrogen (secondary N) is 1. The minimum Gasteiger partial charge on any atom is -0.443 e. The Bertz CT molecular complexity index is 1150. The average Bonchev–Trinajstić information content (AvgIpc) is 2.72. The number of aryl methyl sites for hydroxylation is 2. The molecule has 0 saturated carbocycles. The Morgan fingerprint density at radius 3 is 2.86 bits per heavy atom. The van der Waals surface area contributed by atoms with Crippen LogP contribution in [-0.4, -0.2) is 6.73 Å². The second kappa shape index (κ2) is 6.64. The lowest BCUT2D eigenvalue weighted by Crippen LogP contribution is -3.12. The van der Waals surface area contributed by atoms with E-state index >= 15 is 0 Å². The lowest BCUT2D eigenvalue weighted by atomic mass is 9.86. The van der Waals surface area contributed by atoms with E-state index in [2.05, 4.69) is 24.3 Å². The van der Waals surface area contributed by atoms with Crippen LogP contribution < -0.4 is 15.3 Å². The van der Waals surface area contributed by atoms with Crippen molar-refractivity contribution in [3.05, 3.63) is 73.6 Å². The van der Waals surface area contributed by atoms with E-state index in [4.69, 9.17) is 20.8 Å². The summed E-state index contributed by atoms with van der Waals surface area (Å²) in [6.07, 6.45) is 3.45. The van der Waals surface area contributed by atoms with Gasteiger partial charge in [0.1, 0.15) is 12.6 Å². The number of halogens is 1. The van der Waals surface area contributed by atoms with E-state index in [1.807, 2.05) is 13.0 Å². The molecule has 0 radical (unpaired) electrons. The maximum atomic E-state index is 12.3. The Kier molecular flexibility index (Phi) is 4.22. The number of ether oxygens (including phenoxy) is 1. The van der Waals surface area contributed by atoms with Crippen LogP contribution in [0.3, 0.4) is 0 Å². The smallest absolute Gasteiger partial charge is 0.339 e. The highest BCUT2D eigenvalue weighted by atomic mass is 35.5. The monoisotopic (exact) mass is 396 g/mol. The first-order valence-corrected chi connectivity index (χ1v) is 10.2. The molecule has 1 aromatic heterocycles. The van der Waals surface area contributed by atoms with Gasteiger partial charge in [-0.15, -0.1) is 0 Å². The molecule has 0 spiro atoms. The van der Waals surface area contributed by atoms with Gasteiger partial charge < -0.3 is 9.15 Å². The number of fused-ring (bicyclic) bond motifs is 4. The molecule has 2 aromatic carbocycles. The summed E-state index contributed by atoms with van der Waals surface area (Å²) in [7, 11) is 0. The summed E-state index contributed by atoms with van der Waals surface area (Å²) in [4.78, 5) is 13.7. The molecule has 144 valence electrons. The van der Waals surface area contributed by atoms with Gasteiger partial charge in [0, 0.05) is 22.9 Å². The molecule has 0 bridgehead atoms. The van der Waals surface area contributed by atoms with Crippen LogP contribution in [0.15, 0.2) is 39.5 Å². The van der Waals surface area contributed by atoms with Crippen molar-refractivity contribution in [1.29, 1.82) is 0 Å². The van der Waals surface area contributed by atoms with E-state index in [1.54, 1.807) is 6.92 Å². The van der Waals surface area contributed by atoms with Crippen molar-refractivity contribution in [1.82, 2.24) is 0 Å². The van der Waals surface area contributed by atoms with Crippen LogP contribution in [0.25, 0.3) is 11.0 Å².